The molecule has 4 rings (SSSR count). The van der Waals surface area contributed by atoms with Crippen LogP contribution in [0.25, 0.3) is 10.9 Å². The summed E-state index contributed by atoms with van der Waals surface area (Å²) < 4.78 is 0. The Morgan fingerprint density at radius 2 is 1.11 bits per heavy atom. The maximum atomic E-state index is 8.36. The Labute approximate surface area is 504 Å². The number of aryl methyl sites for hydroxylation is 3. The smallest absolute Gasteiger partial charge is 0.0905 e. The molecule has 0 aliphatic carbocycles. The zero-order valence-electron chi connectivity index (χ0n) is 57.5. The van der Waals surface area contributed by atoms with Gasteiger partial charge in [0.05, 0.1) is 11.9 Å². The number of aliphatic hydroxyl groups excluding tert-OH is 1. The molecule has 1 aromatic heterocycles. The molecular formula is C73H148N4OS. The van der Waals surface area contributed by atoms with E-state index in [1.54, 1.807) is 6.92 Å². The zero-order valence-corrected chi connectivity index (χ0v) is 58.3. The van der Waals surface area contributed by atoms with Crippen LogP contribution in [-0.2, 0) is 12.8 Å². The lowest BCUT2D eigenvalue weighted by Crippen LogP contribution is -2.05. The van der Waals surface area contributed by atoms with Gasteiger partial charge in [0.1, 0.15) is 0 Å². The Balaban J connectivity index is -0.0000000991. The molecule has 1 unspecified atom stereocenters. The molecule has 0 saturated carbocycles. The van der Waals surface area contributed by atoms with Gasteiger partial charge in [0, 0.05) is 42.0 Å². The quantitative estimate of drug-likeness (QED) is 0.0502. The first-order valence-corrected chi connectivity index (χ1v) is 34.1. The van der Waals surface area contributed by atoms with Gasteiger partial charge in [-0.3, -0.25) is 9.98 Å². The molecule has 1 aliphatic heterocycles. The number of hydrogen-bond acceptors (Lipinski definition) is 4. The van der Waals surface area contributed by atoms with Crippen LogP contribution in [0.3, 0.4) is 0 Å². The summed E-state index contributed by atoms with van der Waals surface area (Å²) in [6, 6.07) is 17.2. The predicted octanol–water partition coefficient (Wildman–Crippen LogP) is 25.4. The lowest BCUT2D eigenvalue weighted by Gasteiger charge is -1.98. The van der Waals surface area contributed by atoms with E-state index in [4.69, 9.17) is 10.8 Å². The van der Waals surface area contributed by atoms with Crippen molar-refractivity contribution in [1.29, 1.82) is 0 Å². The van der Waals surface area contributed by atoms with Crippen molar-refractivity contribution in [2.45, 2.75) is 333 Å². The number of para-hydroxylation sites is 1. The predicted molar refractivity (Wildman–Crippen MR) is 379 cm³/mol. The van der Waals surface area contributed by atoms with Crippen molar-refractivity contribution in [3.8, 4) is 0 Å². The summed E-state index contributed by atoms with van der Waals surface area (Å²) in [5.74, 6) is 3.85. The Bertz CT molecular complexity index is 1520. The first-order chi connectivity index (χ1) is 37.4. The topological polar surface area (TPSA) is 86.8 Å². The van der Waals surface area contributed by atoms with Gasteiger partial charge in [0.25, 0.3) is 0 Å². The van der Waals surface area contributed by atoms with E-state index in [9.17, 15) is 0 Å². The highest BCUT2D eigenvalue weighted by atomic mass is 32.2. The van der Waals surface area contributed by atoms with E-state index in [0.717, 1.165) is 37.6 Å². The van der Waals surface area contributed by atoms with Gasteiger partial charge in [-0.05, 0) is 100 Å². The van der Waals surface area contributed by atoms with E-state index in [-0.39, 0.29) is 13.5 Å². The van der Waals surface area contributed by atoms with Crippen molar-refractivity contribution >= 4 is 34.7 Å². The summed E-state index contributed by atoms with van der Waals surface area (Å²) in [5.41, 5.74) is 12.1. The van der Waals surface area contributed by atoms with Gasteiger partial charge in [-0.1, -0.05) is 316 Å². The fourth-order valence-corrected chi connectivity index (χ4v) is 6.29. The number of amidine groups is 1. The van der Waals surface area contributed by atoms with E-state index < -0.39 is 0 Å². The summed E-state index contributed by atoms with van der Waals surface area (Å²) in [6.07, 6.45) is 39.9. The number of unbranched alkanes of at least 4 members (excludes halogenated alkanes) is 8. The molecular weight excluding hydrogens is 981 g/mol. The minimum Gasteiger partial charge on any atom is -0.393 e. The number of nitrogens with one attached hydrogen (secondary N) is 1. The summed E-state index contributed by atoms with van der Waals surface area (Å²) in [7, 11) is 0. The largest absolute Gasteiger partial charge is 0.393 e. The van der Waals surface area contributed by atoms with Crippen molar-refractivity contribution in [3.63, 3.8) is 0 Å². The number of allylic oxidation sites excluding steroid dienone is 2. The van der Waals surface area contributed by atoms with E-state index in [1.807, 2.05) is 45.7 Å². The molecule has 1 aliphatic rings. The monoisotopic (exact) mass is 1130 g/mol. The second-order valence-corrected chi connectivity index (χ2v) is 21.5. The molecule has 0 radical (unpaired) electrons. The molecule has 0 fully saturated rings. The average molecular weight is 1130 g/mol. The molecule has 2 aromatic carbocycles. The first kappa shape index (κ1) is 95.4. The number of hydrogen-bond donors (Lipinski definition) is 3. The zero-order chi connectivity index (χ0) is 61.5. The average Bonchev–Trinajstić information content (AvgIpc) is 4.13. The molecule has 5 nitrogen and oxygen atoms in total. The standard InChI is InChI=1S/C11H13N.C10H14.C9H20N2.C7H11N.2C6H14.C5H12.C4H10O.C4H10S.2C4H10.C2H6.CH4/c1-2-5-9-8-12-11-7-4-3-6-10(9)11;1-3-4-10-7-5-9(2)6-8-10;1-3-4-5-6-7-8-11-9(2)10;1-2-4-7-5-3-6-8-7;1-4-5-6(2)3;1-4-6(3)5-2;1-3-5-4-2;1-3-4(2)5;1-3-4-5-2;2*1-3-4-2;1-2;/h3-4,6-8,12H,2,5H2,1H3;5-8H,3-4H2,1-2H3;3-8H2,1-2H3,(H2,10,11);5-6H,2-4H2,1H3;2*6H,4-5H2,1-3H3;3-5H2,1-2H3;4-5H,3H2,1-2H3;3-4H2,1-2H3;2*3-4H2,1-2H3;1-2H3;1H4. The second-order valence-electron chi connectivity index (χ2n) is 20.5. The third-order valence-corrected chi connectivity index (χ3v) is 12.5. The maximum absolute atomic E-state index is 8.36. The number of aliphatic imine (C=N–C) groups is 2. The number of aliphatic hydroxyl groups is 1. The normalized spacial score (nSPS) is 10.6. The van der Waals surface area contributed by atoms with E-state index in [2.05, 4.69) is 207 Å². The Morgan fingerprint density at radius 1 is 0.620 bits per heavy atom. The summed E-state index contributed by atoms with van der Waals surface area (Å²) in [5, 5.41) is 9.74. The number of H-pyrrole nitrogens is 1. The van der Waals surface area contributed by atoms with Gasteiger partial charge in [-0.15, -0.1) is 0 Å². The van der Waals surface area contributed by atoms with Crippen LogP contribution in [0.4, 0.5) is 0 Å². The molecule has 6 heteroatoms. The van der Waals surface area contributed by atoms with Crippen LogP contribution in [0.1, 0.15) is 324 Å². The van der Waals surface area contributed by atoms with Crippen LogP contribution < -0.4 is 5.73 Å². The highest BCUT2D eigenvalue weighted by molar-refractivity contribution is 7.98. The van der Waals surface area contributed by atoms with Gasteiger partial charge in [-0.2, -0.15) is 11.8 Å². The summed E-state index contributed by atoms with van der Waals surface area (Å²) in [4.78, 5) is 11.6. The molecule has 3 aromatic rings. The van der Waals surface area contributed by atoms with Crippen LogP contribution >= 0.6 is 11.8 Å². The van der Waals surface area contributed by atoms with E-state index in [1.165, 1.54) is 180 Å². The minimum atomic E-state index is -0.116. The van der Waals surface area contributed by atoms with Gasteiger partial charge >= 0.3 is 0 Å². The Kier molecular flexibility index (Phi) is 104. The fraction of sp³-hybridized carbons (Fsp3) is 0.753. The van der Waals surface area contributed by atoms with Crippen LogP contribution in [-0.4, -0.2) is 46.8 Å². The maximum Gasteiger partial charge on any atom is 0.0905 e. The van der Waals surface area contributed by atoms with Gasteiger partial charge in [0.2, 0.25) is 0 Å². The molecule has 0 saturated heterocycles. The number of rotatable bonds is 23. The van der Waals surface area contributed by atoms with E-state index in [0.29, 0.717) is 5.84 Å². The molecule has 79 heavy (non-hydrogen) atoms. The van der Waals surface area contributed by atoms with Crippen molar-refractivity contribution in [3.05, 3.63) is 83.2 Å². The lowest BCUT2D eigenvalue weighted by atomic mass is 10.1. The van der Waals surface area contributed by atoms with Crippen molar-refractivity contribution < 1.29 is 5.11 Å². The first-order valence-electron chi connectivity index (χ1n) is 32.7. The van der Waals surface area contributed by atoms with E-state index >= 15 is 0 Å². The van der Waals surface area contributed by atoms with Gasteiger partial charge < -0.3 is 15.8 Å². The Morgan fingerprint density at radius 3 is 1.43 bits per heavy atom. The van der Waals surface area contributed by atoms with Crippen LogP contribution in [0.15, 0.2) is 76.5 Å². The van der Waals surface area contributed by atoms with Gasteiger partial charge in [0.15, 0.2) is 0 Å². The molecule has 0 amide bonds. The molecule has 4 N–H and O–H groups in total. The number of fused-ring (bicyclic) bond motifs is 1. The van der Waals surface area contributed by atoms with Crippen LogP contribution in [0.5, 0.6) is 0 Å². The van der Waals surface area contributed by atoms with Crippen molar-refractivity contribution in [1.82, 2.24) is 4.98 Å². The Hall–Kier alpha value is -2.83. The number of thioether (sulfide) groups is 1. The SMILES string of the molecule is C.CC.CCC(C)CC.CCC(C)O.CCCC.CCCC.CCCC(C)C.CCCC1=CCC=N1.CCCCC.CCCCCCCN=C(C)N.CCCSC.CCCc1c[nH]c2ccccc12.CCCc1ccc(C)cc1. The molecule has 0 spiro atoms. The number of nitrogens with zero attached hydrogens (tertiary/aromatic N) is 2. The number of nitrogens with two attached hydrogens (primary N) is 1. The van der Waals surface area contributed by atoms with Crippen molar-refractivity contribution in [2.24, 2.45) is 27.6 Å². The molecule has 472 valence electrons. The third-order valence-electron chi connectivity index (χ3n) is 11.7. The number of benzene rings is 2. The molecule has 0 bridgehead atoms. The second kappa shape index (κ2) is 86.4. The highest BCUT2D eigenvalue weighted by Gasteiger charge is 2.00. The number of aromatic amines is 1. The van der Waals surface area contributed by atoms with Gasteiger partial charge in [-0.25, -0.2) is 0 Å². The fourth-order valence-electron chi connectivity index (χ4n) is 5.88. The molecule has 2 heterocycles. The van der Waals surface area contributed by atoms with Crippen molar-refractivity contribution in [2.75, 3.05) is 18.6 Å². The molecule has 1 atom stereocenters. The third kappa shape index (κ3) is 91.9. The van der Waals surface area contributed by atoms with Crippen LogP contribution in [0.2, 0.25) is 0 Å². The van der Waals surface area contributed by atoms with Crippen LogP contribution in [0, 0.1) is 18.8 Å². The lowest BCUT2D eigenvalue weighted by molar-refractivity contribution is 0.191. The summed E-state index contributed by atoms with van der Waals surface area (Å²) in [6.45, 7) is 50.2. The minimum absolute atomic E-state index is 0. The highest BCUT2D eigenvalue weighted by Crippen LogP contribution is 2.18. The number of aromatic nitrogens is 1. The summed E-state index contributed by atoms with van der Waals surface area (Å²) >= 11 is 1.90.